The number of nitrogens with two attached hydrogens (primary N) is 1. The van der Waals surface area contributed by atoms with Crippen LogP contribution in [0.3, 0.4) is 0 Å². The highest BCUT2D eigenvalue weighted by Crippen LogP contribution is 2.32. The number of benzene rings is 1. The molecule has 0 aliphatic heterocycles. The molecule has 1 aromatic carbocycles. The van der Waals surface area contributed by atoms with Gasteiger partial charge in [0.1, 0.15) is 0 Å². The van der Waals surface area contributed by atoms with Crippen LogP contribution in [-0.2, 0) is 14.6 Å². The topological polar surface area (TPSA) is 89.3 Å². The van der Waals surface area contributed by atoms with Gasteiger partial charge in [-0.15, -0.1) is 0 Å². The van der Waals surface area contributed by atoms with Crippen molar-refractivity contribution in [2.45, 2.75) is 36.2 Å². The van der Waals surface area contributed by atoms with Gasteiger partial charge in [0.25, 0.3) is 0 Å². The molecule has 1 fully saturated rings. The molecule has 1 aliphatic rings. The fraction of sp³-hybridized carbons (Fsp3) is 0.462. The van der Waals surface area contributed by atoms with Crippen molar-refractivity contribution in [3.63, 3.8) is 0 Å². The molecule has 0 radical (unpaired) electrons. The van der Waals surface area contributed by atoms with E-state index in [0.717, 1.165) is 18.4 Å². The van der Waals surface area contributed by atoms with E-state index in [1.165, 1.54) is 6.26 Å². The molecule has 6 heteroatoms. The Morgan fingerprint density at radius 3 is 2.26 bits per heavy atom. The Morgan fingerprint density at radius 2 is 1.84 bits per heavy atom. The van der Waals surface area contributed by atoms with Gasteiger partial charge in [0.05, 0.1) is 16.5 Å². The Bertz CT molecular complexity index is 589. The molecule has 1 saturated carbocycles. The van der Waals surface area contributed by atoms with Gasteiger partial charge in [-0.2, -0.15) is 0 Å². The summed E-state index contributed by atoms with van der Waals surface area (Å²) in [4.78, 5) is 12.1. The number of nitrogens with one attached hydrogen (secondary N) is 1. The minimum absolute atomic E-state index is 0.146. The van der Waals surface area contributed by atoms with Gasteiger partial charge in [0, 0.05) is 6.26 Å². The molecule has 0 saturated heterocycles. The van der Waals surface area contributed by atoms with Crippen LogP contribution in [0.25, 0.3) is 0 Å². The van der Waals surface area contributed by atoms with Gasteiger partial charge >= 0.3 is 0 Å². The quantitative estimate of drug-likeness (QED) is 0.853. The molecule has 1 atom stereocenters. The average Bonchev–Trinajstić information content (AvgIpc) is 3.08. The lowest BCUT2D eigenvalue weighted by Gasteiger charge is -2.17. The lowest BCUT2D eigenvalue weighted by atomic mass is 10.1. The van der Waals surface area contributed by atoms with Crippen LogP contribution in [0.2, 0.25) is 0 Å². The SMILES string of the molecule is CC(NC(=O)C1(N)CC1)c1ccc(S(C)(=O)=O)cc1. The number of sulfone groups is 1. The predicted octanol–water partition coefficient (Wildman–Crippen LogP) is 0.759. The van der Waals surface area contributed by atoms with Gasteiger partial charge in [0.15, 0.2) is 9.84 Å². The van der Waals surface area contributed by atoms with Gasteiger partial charge in [0.2, 0.25) is 5.91 Å². The average molecular weight is 282 g/mol. The molecule has 1 unspecified atom stereocenters. The molecule has 5 nitrogen and oxygen atoms in total. The Balaban J connectivity index is 2.07. The zero-order valence-electron chi connectivity index (χ0n) is 11.0. The van der Waals surface area contributed by atoms with E-state index in [0.29, 0.717) is 0 Å². The molecule has 1 amide bonds. The third-order valence-corrected chi connectivity index (χ3v) is 4.53. The zero-order valence-corrected chi connectivity index (χ0v) is 11.8. The van der Waals surface area contributed by atoms with E-state index in [1.807, 2.05) is 6.92 Å². The van der Waals surface area contributed by atoms with Crippen molar-refractivity contribution in [1.29, 1.82) is 0 Å². The van der Waals surface area contributed by atoms with Crippen molar-refractivity contribution in [2.75, 3.05) is 6.26 Å². The summed E-state index contributed by atoms with van der Waals surface area (Å²) in [5.41, 5.74) is 5.96. The number of amides is 1. The summed E-state index contributed by atoms with van der Waals surface area (Å²) in [6.07, 6.45) is 2.61. The maximum Gasteiger partial charge on any atom is 0.240 e. The molecular formula is C13H18N2O3S. The summed E-state index contributed by atoms with van der Waals surface area (Å²) in [7, 11) is -3.19. The first-order valence-electron chi connectivity index (χ1n) is 6.12. The molecule has 1 aliphatic carbocycles. The molecule has 2 rings (SSSR count). The number of hydrogen-bond acceptors (Lipinski definition) is 4. The van der Waals surface area contributed by atoms with Crippen molar-refractivity contribution >= 4 is 15.7 Å². The monoisotopic (exact) mass is 282 g/mol. The minimum Gasteiger partial charge on any atom is -0.348 e. The number of rotatable bonds is 4. The van der Waals surface area contributed by atoms with Crippen LogP contribution >= 0.6 is 0 Å². The fourth-order valence-electron chi connectivity index (χ4n) is 1.79. The second-order valence-corrected chi connectivity index (χ2v) is 7.21. The Labute approximate surface area is 113 Å². The lowest BCUT2D eigenvalue weighted by Crippen LogP contribution is -2.43. The summed E-state index contributed by atoms with van der Waals surface area (Å²) in [6, 6.07) is 6.31. The van der Waals surface area contributed by atoms with E-state index in [9.17, 15) is 13.2 Å². The van der Waals surface area contributed by atoms with Gasteiger partial charge < -0.3 is 11.1 Å². The van der Waals surface area contributed by atoms with Crippen molar-refractivity contribution < 1.29 is 13.2 Å². The standard InChI is InChI=1S/C13H18N2O3S/c1-9(15-12(16)13(14)7-8-13)10-3-5-11(6-4-10)19(2,17)18/h3-6,9H,7-8,14H2,1-2H3,(H,15,16). The fourth-order valence-corrected chi connectivity index (χ4v) is 2.42. The third-order valence-electron chi connectivity index (χ3n) is 3.40. The third kappa shape index (κ3) is 3.13. The zero-order chi connectivity index (χ0) is 14.3. The van der Waals surface area contributed by atoms with E-state index in [1.54, 1.807) is 24.3 Å². The highest BCUT2D eigenvalue weighted by Gasteiger charge is 2.46. The van der Waals surface area contributed by atoms with E-state index in [-0.39, 0.29) is 16.8 Å². The van der Waals surface area contributed by atoms with Crippen LogP contribution in [0.15, 0.2) is 29.2 Å². The predicted molar refractivity (Wildman–Crippen MR) is 72.3 cm³/mol. The largest absolute Gasteiger partial charge is 0.348 e. The molecule has 0 spiro atoms. The van der Waals surface area contributed by atoms with Crippen LogP contribution in [0.4, 0.5) is 0 Å². The normalized spacial score (nSPS) is 18.7. The van der Waals surface area contributed by atoms with E-state index >= 15 is 0 Å². The summed E-state index contributed by atoms with van der Waals surface area (Å²) in [6.45, 7) is 1.85. The Morgan fingerprint density at radius 1 is 1.32 bits per heavy atom. The van der Waals surface area contributed by atoms with E-state index in [2.05, 4.69) is 5.32 Å². The van der Waals surface area contributed by atoms with Crippen molar-refractivity contribution in [3.8, 4) is 0 Å². The van der Waals surface area contributed by atoms with Crippen LogP contribution in [0.5, 0.6) is 0 Å². The highest BCUT2D eigenvalue weighted by molar-refractivity contribution is 7.90. The summed E-state index contributed by atoms with van der Waals surface area (Å²) in [5, 5.41) is 2.84. The molecule has 104 valence electrons. The maximum atomic E-state index is 11.8. The second kappa shape index (κ2) is 4.61. The molecule has 0 aromatic heterocycles. The van der Waals surface area contributed by atoms with Gasteiger partial charge in [-0.05, 0) is 37.5 Å². The van der Waals surface area contributed by atoms with Crippen molar-refractivity contribution in [3.05, 3.63) is 29.8 Å². The van der Waals surface area contributed by atoms with Crippen LogP contribution in [-0.4, -0.2) is 26.1 Å². The molecule has 1 aromatic rings. The first kappa shape index (κ1) is 14.0. The Kier molecular flexibility index (Phi) is 3.40. The molecule has 3 N–H and O–H groups in total. The first-order valence-corrected chi connectivity index (χ1v) is 8.01. The van der Waals surface area contributed by atoms with Crippen LogP contribution < -0.4 is 11.1 Å². The van der Waals surface area contributed by atoms with Crippen molar-refractivity contribution in [2.24, 2.45) is 5.73 Å². The highest BCUT2D eigenvalue weighted by atomic mass is 32.2. The Hall–Kier alpha value is -1.40. The summed E-state index contributed by atoms with van der Waals surface area (Å²) in [5.74, 6) is -0.146. The van der Waals surface area contributed by atoms with Crippen molar-refractivity contribution in [1.82, 2.24) is 5.32 Å². The van der Waals surface area contributed by atoms with Crippen LogP contribution in [0, 0.1) is 0 Å². The molecule has 19 heavy (non-hydrogen) atoms. The maximum absolute atomic E-state index is 11.8. The minimum atomic E-state index is -3.19. The summed E-state index contributed by atoms with van der Waals surface area (Å²) < 4.78 is 22.7. The van der Waals surface area contributed by atoms with Crippen LogP contribution in [0.1, 0.15) is 31.4 Å². The number of carbonyl (C=O) groups excluding carboxylic acids is 1. The molecule has 0 bridgehead atoms. The molecular weight excluding hydrogens is 264 g/mol. The molecule has 0 heterocycles. The van der Waals surface area contributed by atoms with Gasteiger partial charge in [-0.1, -0.05) is 12.1 Å². The first-order chi connectivity index (χ1) is 8.72. The lowest BCUT2D eigenvalue weighted by molar-refractivity contribution is -0.123. The van der Waals surface area contributed by atoms with E-state index < -0.39 is 15.4 Å². The number of carbonyl (C=O) groups is 1. The van der Waals surface area contributed by atoms with E-state index in [4.69, 9.17) is 5.73 Å². The van der Waals surface area contributed by atoms with Gasteiger partial charge in [-0.3, -0.25) is 4.79 Å². The number of hydrogen-bond donors (Lipinski definition) is 2. The van der Waals surface area contributed by atoms with Gasteiger partial charge in [-0.25, -0.2) is 8.42 Å². The second-order valence-electron chi connectivity index (χ2n) is 5.19. The smallest absolute Gasteiger partial charge is 0.240 e. The summed E-state index contributed by atoms with van der Waals surface area (Å²) >= 11 is 0.